The lowest BCUT2D eigenvalue weighted by Crippen LogP contribution is -1.80. The highest BCUT2D eigenvalue weighted by Crippen LogP contribution is 2.24. The van der Waals surface area contributed by atoms with Gasteiger partial charge in [0, 0.05) is 11.1 Å². The maximum atomic E-state index is 9.04. The van der Waals surface area contributed by atoms with Crippen LogP contribution < -0.4 is 4.74 Å². The second kappa shape index (κ2) is 2.80. The second-order valence-corrected chi connectivity index (χ2v) is 2.18. The third kappa shape index (κ3) is 1.54. The van der Waals surface area contributed by atoms with Crippen LogP contribution in [0.1, 0.15) is 4.11 Å². The van der Waals surface area contributed by atoms with Crippen molar-refractivity contribution in [2.75, 3.05) is 7.04 Å². The van der Waals surface area contributed by atoms with Gasteiger partial charge in [0.25, 0.3) is 0 Å². The molecule has 0 radical (unpaired) electrons. The summed E-state index contributed by atoms with van der Waals surface area (Å²) >= 11 is 5.56. The summed E-state index contributed by atoms with van der Waals surface area (Å²) in [4.78, 5) is 0. The van der Waals surface area contributed by atoms with Crippen LogP contribution in [-0.2, 0) is 0 Å². The molecule has 0 aromatic heterocycles. The topological polar surface area (TPSA) is 29.5 Å². The summed E-state index contributed by atoms with van der Waals surface area (Å²) in [6.45, 7) is 0. The van der Waals surface area contributed by atoms with Crippen LogP contribution in [-0.4, -0.2) is 12.1 Å². The first-order valence-corrected chi connectivity index (χ1v) is 2.93. The molecule has 1 aromatic carbocycles. The molecule has 0 aliphatic carbocycles. The van der Waals surface area contributed by atoms with E-state index in [9.17, 15) is 0 Å². The molecule has 0 amide bonds. The number of methoxy groups -OCH3 is 1. The first kappa shape index (κ1) is 4.09. The SMILES string of the molecule is [2H]C([2H])([2H])Oc1cc(O)cc(Cl)c1. The van der Waals surface area contributed by atoms with E-state index in [4.69, 9.17) is 20.8 Å². The van der Waals surface area contributed by atoms with Gasteiger partial charge >= 0.3 is 0 Å². The molecule has 1 N–H and O–H groups in total. The molecule has 1 aromatic rings. The Morgan fingerprint density at radius 2 is 2.40 bits per heavy atom. The Morgan fingerprint density at radius 1 is 1.60 bits per heavy atom. The zero-order chi connectivity index (χ0) is 10.1. The molecule has 0 saturated carbocycles. The minimum atomic E-state index is -2.53. The highest BCUT2D eigenvalue weighted by atomic mass is 35.5. The van der Waals surface area contributed by atoms with E-state index in [1.807, 2.05) is 0 Å². The van der Waals surface area contributed by atoms with Gasteiger partial charge in [0.15, 0.2) is 0 Å². The van der Waals surface area contributed by atoms with Gasteiger partial charge in [0.1, 0.15) is 11.5 Å². The Labute approximate surface area is 68.2 Å². The number of benzene rings is 1. The fourth-order valence-electron chi connectivity index (χ4n) is 0.607. The molecule has 0 spiro atoms. The summed E-state index contributed by atoms with van der Waals surface area (Å²) in [5.74, 6) is -0.114. The van der Waals surface area contributed by atoms with Gasteiger partial charge in [-0.2, -0.15) is 0 Å². The number of aromatic hydroxyl groups is 1. The number of rotatable bonds is 1. The van der Waals surface area contributed by atoms with Gasteiger partial charge in [-0.05, 0) is 12.1 Å². The highest BCUT2D eigenvalue weighted by molar-refractivity contribution is 6.30. The van der Waals surface area contributed by atoms with E-state index >= 15 is 0 Å². The summed E-state index contributed by atoms with van der Waals surface area (Å²) < 4.78 is 24.9. The molecule has 0 atom stereocenters. The van der Waals surface area contributed by atoms with Crippen LogP contribution in [0.4, 0.5) is 0 Å². The first-order valence-electron chi connectivity index (χ1n) is 4.05. The number of hydrogen-bond acceptors (Lipinski definition) is 2. The van der Waals surface area contributed by atoms with E-state index in [1.54, 1.807) is 0 Å². The van der Waals surface area contributed by atoms with Crippen LogP contribution in [0.25, 0.3) is 0 Å². The zero-order valence-electron chi connectivity index (χ0n) is 7.97. The van der Waals surface area contributed by atoms with Crippen LogP contribution >= 0.6 is 11.6 Å². The van der Waals surface area contributed by atoms with Crippen LogP contribution in [0, 0.1) is 0 Å². The van der Waals surface area contributed by atoms with Gasteiger partial charge in [-0.15, -0.1) is 0 Å². The summed E-state index contributed by atoms with van der Waals surface area (Å²) in [6.07, 6.45) is 0. The molecule has 2 nitrogen and oxygen atoms in total. The van der Waals surface area contributed by atoms with Crippen LogP contribution in [0.2, 0.25) is 5.02 Å². The maximum absolute atomic E-state index is 9.04. The minimum Gasteiger partial charge on any atom is -0.508 e. The standard InChI is InChI=1S/C7H7ClO2/c1-10-7-3-5(8)2-6(9)4-7/h2-4,9H,1H3/i1D3. The average Bonchev–Trinajstić information content (AvgIpc) is 1.78. The van der Waals surface area contributed by atoms with Gasteiger partial charge in [-0.3, -0.25) is 0 Å². The van der Waals surface area contributed by atoms with Crippen molar-refractivity contribution in [3.05, 3.63) is 23.2 Å². The van der Waals surface area contributed by atoms with E-state index < -0.39 is 7.04 Å². The molecule has 0 saturated heterocycles. The van der Waals surface area contributed by atoms with E-state index in [0.717, 1.165) is 0 Å². The number of phenols is 1. The predicted octanol–water partition coefficient (Wildman–Crippen LogP) is 2.05. The van der Waals surface area contributed by atoms with Crippen molar-refractivity contribution in [1.29, 1.82) is 0 Å². The van der Waals surface area contributed by atoms with E-state index in [-0.39, 0.29) is 16.5 Å². The molecule has 0 fully saturated rings. The molecular formula is C7H7ClO2. The lowest BCUT2D eigenvalue weighted by molar-refractivity contribution is 0.408. The van der Waals surface area contributed by atoms with Crippen LogP contribution in [0.15, 0.2) is 18.2 Å². The molecule has 0 aliphatic rings. The fraction of sp³-hybridized carbons (Fsp3) is 0.143. The van der Waals surface area contributed by atoms with Crippen molar-refractivity contribution < 1.29 is 14.0 Å². The monoisotopic (exact) mass is 161 g/mol. The zero-order valence-corrected chi connectivity index (χ0v) is 5.72. The molecule has 10 heavy (non-hydrogen) atoms. The van der Waals surface area contributed by atoms with E-state index in [0.29, 0.717) is 0 Å². The molecular weight excluding hydrogens is 152 g/mol. The minimum absolute atomic E-state index is 0.0185. The smallest absolute Gasteiger partial charge is 0.124 e. The Bertz CT molecular complexity index is 291. The molecule has 0 aliphatic heterocycles. The molecule has 1 rings (SSSR count). The maximum Gasteiger partial charge on any atom is 0.124 e. The van der Waals surface area contributed by atoms with Crippen molar-refractivity contribution >= 4 is 11.6 Å². The number of ether oxygens (including phenoxy) is 1. The van der Waals surface area contributed by atoms with Crippen LogP contribution in [0.5, 0.6) is 11.5 Å². The van der Waals surface area contributed by atoms with E-state index in [2.05, 4.69) is 4.74 Å². The largest absolute Gasteiger partial charge is 0.508 e. The van der Waals surface area contributed by atoms with Crippen molar-refractivity contribution in [2.24, 2.45) is 0 Å². The molecule has 0 heterocycles. The van der Waals surface area contributed by atoms with Crippen molar-refractivity contribution in [2.45, 2.75) is 0 Å². The van der Waals surface area contributed by atoms with Crippen molar-refractivity contribution in [3.63, 3.8) is 0 Å². The summed E-state index contributed by atoms with van der Waals surface area (Å²) in [6, 6.07) is 3.78. The summed E-state index contributed by atoms with van der Waals surface area (Å²) in [7, 11) is -2.53. The average molecular weight is 162 g/mol. The lowest BCUT2D eigenvalue weighted by atomic mass is 10.3. The highest BCUT2D eigenvalue weighted by Gasteiger charge is 1.95. The fourth-order valence-corrected chi connectivity index (χ4v) is 0.826. The summed E-state index contributed by atoms with van der Waals surface area (Å²) in [5.41, 5.74) is 0. The Balaban J connectivity index is 2.90. The van der Waals surface area contributed by atoms with Gasteiger partial charge in [-0.1, -0.05) is 11.6 Å². The molecule has 0 bridgehead atoms. The molecule has 3 heteroatoms. The van der Waals surface area contributed by atoms with Crippen molar-refractivity contribution in [1.82, 2.24) is 0 Å². The van der Waals surface area contributed by atoms with Gasteiger partial charge in [0.2, 0.25) is 0 Å². The van der Waals surface area contributed by atoms with Gasteiger partial charge < -0.3 is 9.84 Å². The predicted molar refractivity (Wildman–Crippen MR) is 39.7 cm³/mol. The Morgan fingerprint density at radius 3 is 3.00 bits per heavy atom. The quantitative estimate of drug-likeness (QED) is 0.683. The van der Waals surface area contributed by atoms with Crippen LogP contribution in [0.3, 0.4) is 0 Å². The third-order valence-electron chi connectivity index (χ3n) is 0.974. The Kier molecular flexibility index (Phi) is 1.14. The van der Waals surface area contributed by atoms with Gasteiger partial charge in [0.05, 0.1) is 11.2 Å². The Hall–Kier alpha value is -0.890. The number of hydrogen-bond donors (Lipinski definition) is 1. The van der Waals surface area contributed by atoms with E-state index in [1.165, 1.54) is 18.2 Å². The van der Waals surface area contributed by atoms with Gasteiger partial charge in [-0.25, -0.2) is 0 Å². The second-order valence-electron chi connectivity index (χ2n) is 1.75. The first-order chi connectivity index (χ1) is 5.87. The molecule has 0 unspecified atom stereocenters. The number of halogens is 1. The lowest BCUT2D eigenvalue weighted by Gasteiger charge is -1.99. The van der Waals surface area contributed by atoms with Crippen molar-refractivity contribution in [3.8, 4) is 11.5 Å². The third-order valence-corrected chi connectivity index (χ3v) is 1.19. The summed E-state index contributed by atoms with van der Waals surface area (Å²) in [5, 5.41) is 9.26. The normalized spacial score (nSPS) is 15.1. The number of phenolic OH excluding ortho intramolecular Hbond substituents is 1. The molecule has 54 valence electrons.